The van der Waals surface area contributed by atoms with Crippen molar-refractivity contribution in [1.82, 2.24) is 4.98 Å². The minimum absolute atomic E-state index is 0.413. The van der Waals surface area contributed by atoms with E-state index >= 15 is 0 Å². The van der Waals surface area contributed by atoms with E-state index in [4.69, 9.17) is 8.85 Å². The minimum Gasteiger partial charge on any atom is -0.386 e. The maximum Gasteiger partial charge on any atom is 0.427 e. The Morgan fingerprint density at radius 2 is 1.62 bits per heavy atom. The molecule has 1 N–H and O–H groups in total. The molecule has 80 valence electrons. The molecular weight excluding hydrogens is 182 g/mol. The van der Waals surface area contributed by atoms with Gasteiger partial charge in [-0.15, -0.1) is 0 Å². The van der Waals surface area contributed by atoms with Crippen LogP contribution in [0.2, 0.25) is 5.54 Å². The third-order valence-electron chi connectivity index (χ3n) is 2.43. The Morgan fingerprint density at radius 1 is 1.15 bits per heavy atom. The highest BCUT2D eigenvalue weighted by atomic mass is 28.4. The molecule has 3 nitrogen and oxygen atoms in total. The highest BCUT2D eigenvalue weighted by Crippen LogP contribution is 2.19. The van der Waals surface area contributed by atoms with Crippen LogP contribution in [-0.2, 0) is 8.85 Å². The van der Waals surface area contributed by atoms with Crippen molar-refractivity contribution >= 4 is 8.72 Å². The average molecular weight is 205 g/mol. The molecule has 1 atom stereocenters. The van der Waals surface area contributed by atoms with Crippen LogP contribution in [0.4, 0.5) is 0 Å². The highest BCUT2D eigenvalue weighted by molar-refractivity contribution is 6.66. The Balaban J connectivity index is 4.38. The van der Waals surface area contributed by atoms with E-state index in [1.807, 2.05) is 0 Å². The van der Waals surface area contributed by atoms with Crippen LogP contribution in [0.25, 0.3) is 0 Å². The van der Waals surface area contributed by atoms with Crippen molar-refractivity contribution in [3.05, 3.63) is 0 Å². The lowest BCUT2D eigenvalue weighted by Gasteiger charge is -2.33. The van der Waals surface area contributed by atoms with Crippen molar-refractivity contribution in [2.45, 2.75) is 45.7 Å². The molecule has 0 bridgehead atoms. The molecule has 0 aromatic rings. The molecular formula is C9H23NO2Si. The molecule has 13 heavy (non-hydrogen) atoms. The average Bonchev–Trinajstić information content (AvgIpc) is 2.13. The molecule has 1 unspecified atom stereocenters. The third kappa shape index (κ3) is 3.38. The zero-order chi connectivity index (χ0) is 10.5. The van der Waals surface area contributed by atoms with Crippen LogP contribution in [0, 0.1) is 0 Å². The maximum atomic E-state index is 5.53. The minimum atomic E-state index is -2.15. The molecule has 0 saturated carbocycles. The fourth-order valence-electron chi connectivity index (χ4n) is 1.28. The first-order valence-corrected chi connectivity index (χ1v) is 6.79. The number of hydrogen-bond acceptors (Lipinski definition) is 3. The van der Waals surface area contributed by atoms with E-state index in [2.05, 4.69) is 32.7 Å². The first-order valence-electron chi connectivity index (χ1n) is 4.90. The van der Waals surface area contributed by atoms with E-state index in [-0.39, 0.29) is 0 Å². The third-order valence-corrected chi connectivity index (χ3v) is 6.05. The van der Waals surface area contributed by atoms with E-state index in [0.717, 1.165) is 6.42 Å². The summed E-state index contributed by atoms with van der Waals surface area (Å²) in [7, 11) is 1.30. The molecule has 0 rings (SSSR count). The zero-order valence-electron chi connectivity index (χ0n) is 9.68. The van der Waals surface area contributed by atoms with Gasteiger partial charge in [0.1, 0.15) is 0 Å². The van der Waals surface area contributed by atoms with Gasteiger partial charge in [0.2, 0.25) is 0 Å². The second-order valence-electron chi connectivity index (χ2n) is 3.68. The van der Waals surface area contributed by atoms with Crippen LogP contribution in [0.3, 0.4) is 0 Å². The van der Waals surface area contributed by atoms with Crippen LogP contribution >= 0.6 is 0 Å². The molecule has 0 aromatic heterocycles. The molecule has 0 radical (unpaired) electrons. The van der Waals surface area contributed by atoms with Crippen molar-refractivity contribution < 1.29 is 8.85 Å². The number of rotatable bonds is 6. The summed E-state index contributed by atoms with van der Waals surface area (Å²) in [5.41, 5.74) is 0.413. The molecule has 0 aliphatic rings. The molecule has 0 spiro atoms. The summed E-state index contributed by atoms with van der Waals surface area (Å²) in [6, 6.07) is 0.453. The summed E-state index contributed by atoms with van der Waals surface area (Å²) in [5, 5.41) is 0. The Bertz CT molecular complexity index is 138. The van der Waals surface area contributed by atoms with Gasteiger partial charge in [-0.3, -0.25) is 4.98 Å². The summed E-state index contributed by atoms with van der Waals surface area (Å²) in [4.78, 5) is 3.47. The van der Waals surface area contributed by atoms with Gasteiger partial charge in [-0.25, -0.2) is 0 Å². The lowest BCUT2D eigenvalue weighted by atomic mass is 10.3. The zero-order valence-corrected chi connectivity index (χ0v) is 10.7. The molecule has 0 amide bonds. The van der Waals surface area contributed by atoms with E-state index in [9.17, 15) is 0 Å². The molecule has 0 fully saturated rings. The quantitative estimate of drug-likeness (QED) is 0.673. The molecule has 0 heterocycles. The lowest BCUT2D eigenvalue weighted by molar-refractivity contribution is 0.212. The Hall–Kier alpha value is 0.0969. The van der Waals surface area contributed by atoms with Crippen LogP contribution in [0.5, 0.6) is 0 Å². The van der Waals surface area contributed by atoms with Gasteiger partial charge in [0, 0.05) is 25.8 Å². The van der Waals surface area contributed by atoms with Crippen LogP contribution in [0.15, 0.2) is 0 Å². The van der Waals surface area contributed by atoms with Crippen molar-refractivity contribution in [2.24, 2.45) is 0 Å². The lowest BCUT2D eigenvalue weighted by Crippen LogP contribution is -2.60. The second kappa shape index (κ2) is 5.75. The van der Waals surface area contributed by atoms with Gasteiger partial charge in [0.05, 0.1) is 0 Å². The largest absolute Gasteiger partial charge is 0.427 e. The fraction of sp³-hybridized carbons (Fsp3) is 1.00. The van der Waals surface area contributed by atoms with E-state index in [1.54, 1.807) is 14.2 Å². The number of nitrogens with one attached hydrogen (secondary N) is 1. The summed E-state index contributed by atoms with van der Waals surface area (Å²) >= 11 is 0. The van der Waals surface area contributed by atoms with Crippen LogP contribution in [-0.4, -0.2) is 29.0 Å². The summed E-state index contributed by atoms with van der Waals surface area (Å²) in [6.07, 6.45) is 1.09. The first-order chi connectivity index (χ1) is 6.02. The summed E-state index contributed by atoms with van der Waals surface area (Å²) in [5.74, 6) is 0. The predicted octanol–water partition coefficient (Wildman–Crippen LogP) is 2.02. The first kappa shape index (κ1) is 13.1. The van der Waals surface area contributed by atoms with E-state index in [0.29, 0.717) is 11.6 Å². The van der Waals surface area contributed by atoms with Crippen molar-refractivity contribution in [1.29, 1.82) is 0 Å². The smallest absolute Gasteiger partial charge is 0.386 e. The van der Waals surface area contributed by atoms with Crippen LogP contribution in [0.1, 0.15) is 34.1 Å². The highest BCUT2D eigenvalue weighted by Gasteiger charge is 2.41. The monoisotopic (exact) mass is 205 g/mol. The molecule has 4 heteroatoms. The number of hydrogen-bond donors (Lipinski definition) is 1. The molecule has 0 aliphatic carbocycles. The second-order valence-corrected chi connectivity index (χ2v) is 7.28. The van der Waals surface area contributed by atoms with Gasteiger partial charge in [-0.1, -0.05) is 27.7 Å². The Kier molecular flexibility index (Phi) is 5.79. The van der Waals surface area contributed by atoms with Crippen molar-refractivity contribution in [2.75, 3.05) is 14.2 Å². The topological polar surface area (TPSA) is 30.5 Å². The molecule has 0 aromatic carbocycles. The SMILES string of the molecule is CCC(C)N[Si](OC)(OC)C(C)C. The Labute approximate surface area is 83.1 Å². The Morgan fingerprint density at radius 3 is 1.85 bits per heavy atom. The van der Waals surface area contributed by atoms with Gasteiger partial charge in [-0.2, -0.15) is 0 Å². The van der Waals surface area contributed by atoms with Gasteiger partial charge >= 0.3 is 8.72 Å². The van der Waals surface area contributed by atoms with Crippen molar-refractivity contribution in [3.63, 3.8) is 0 Å². The van der Waals surface area contributed by atoms with Gasteiger partial charge < -0.3 is 8.85 Å². The van der Waals surface area contributed by atoms with Crippen molar-refractivity contribution in [3.8, 4) is 0 Å². The van der Waals surface area contributed by atoms with Gasteiger partial charge in [-0.05, 0) is 6.42 Å². The van der Waals surface area contributed by atoms with E-state index < -0.39 is 8.72 Å². The standard InChI is InChI=1S/C9H23NO2Si/c1-7-9(4)10-13(11-5,12-6)8(2)3/h8-10H,7H2,1-6H3. The van der Waals surface area contributed by atoms with Gasteiger partial charge in [0.15, 0.2) is 0 Å². The molecule has 0 aliphatic heterocycles. The summed E-state index contributed by atoms with van der Waals surface area (Å²) < 4.78 is 11.1. The molecule has 0 saturated heterocycles. The van der Waals surface area contributed by atoms with Crippen LogP contribution < -0.4 is 4.98 Å². The normalized spacial score (nSPS) is 15.0. The fourth-order valence-corrected chi connectivity index (χ4v) is 3.85. The van der Waals surface area contributed by atoms with Gasteiger partial charge in [0.25, 0.3) is 0 Å². The summed E-state index contributed by atoms with van der Waals surface area (Å²) in [6.45, 7) is 8.58. The van der Waals surface area contributed by atoms with E-state index in [1.165, 1.54) is 0 Å². The maximum absolute atomic E-state index is 5.53. The predicted molar refractivity (Wildman–Crippen MR) is 57.8 cm³/mol.